The first-order valence-corrected chi connectivity index (χ1v) is 6.89. The van der Waals surface area contributed by atoms with Crippen molar-refractivity contribution >= 4 is 0 Å². The Morgan fingerprint density at radius 3 is 2.85 bits per heavy atom. The minimum absolute atomic E-state index is 0.133. The summed E-state index contributed by atoms with van der Waals surface area (Å²) in [7, 11) is 1.56. The lowest BCUT2D eigenvalue weighted by atomic mass is 9.92. The molecule has 112 valence electrons. The second-order valence-electron chi connectivity index (χ2n) is 6.13. The molecule has 2 heterocycles. The van der Waals surface area contributed by atoms with E-state index in [1.54, 1.807) is 7.05 Å². The molecule has 1 saturated carbocycles. The molecular formula is C13H19F3N4. The summed E-state index contributed by atoms with van der Waals surface area (Å²) in [6.07, 6.45) is -1.06. The fourth-order valence-electron chi connectivity index (χ4n) is 3.58. The van der Waals surface area contributed by atoms with Crippen molar-refractivity contribution < 1.29 is 13.2 Å². The first kappa shape index (κ1) is 13.9. The van der Waals surface area contributed by atoms with E-state index >= 15 is 0 Å². The van der Waals surface area contributed by atoms with E-state index in [2.05, 4.69) is 10.00 Å². The Labute approximate surface area is 115 Å². The molecule has 1 aromatic rings. The van der Waals surface area contributed by atoms with Gasteiger partial charge in [0.2, 0.25) is 0 Å². The second-order valence-corrected chi connectivity index (χ2v) is 6.13. The molecule has 2 unspecified atom stereocenters. The average Bonchev–Trinajstić information content (AvgIpc) is 2.91. The molecule has 2 N–H and O–H groups in total. The number of alkyl halides is 3. The molecule has 7 heteroatoms. The lowest BCUT2D eigenvalue weighted by Crippen LogP contribution is -2.44. The highest BCUT2D eigenvalue weighted by Crippen LogP contribution is 2.40. The Bertz CT molecular complexity index is 510. The minimum atomic E-state index is -4.38. The van der Waals surface area contributed by atoms with Crippen molar-refractivity contribution in [1.82, 2.24) is 14.7 Å². The molecule has 1 saturated heterocycles. The summed E-state index contributed by atoms with van der Waals surface area (Å²) in [5, 5.41) is 3.55. The van der Waals surface area contributed by atoms with Crippen LogP contribution < -0.4 is 5.73 Å². The van der Waals surface area contributed by atoms with Gasteiger partial charge in [-0.25, -0.2) is 0 Å². The monoisotopic (exact) mass is 288 g/mol. The standard InChI is InChI=1S/C13H19F3N4/c1-19-10(5-11(18-19)13(14,15)16)7-20-6-9-3-2-4-12(9,17)8-20/h5,9H,2-4,6-8,17H2,1H3. The average molecular weight is 288 g/mol. The van der Waals surface area contributed by atoms with Crippen molar-refractivity contribution in [3.05, 3.63) is 17.5 Å². The minimum Gasteiger partial charge on any atom is -0.324 e. The van der Waals surface area contributed by atoms with Gasteiger partial charge < -0.3 is 5.73 Å². The number of aryl methyl sites for hydroxylation is 1. The van der Waals surface area contributed by atoms with E-state index in [1.807, 2.05) is 0 Å². The number of halogens is 3. The van der Waals surface area contributed by atoms with Crippen LogP contribution in [-0.4, -0.2) is 33.3 Å². The van der Waals surface area contributed by atoms with Crippen molar-refractivity contribution in [3.8, 4) is 0 Å². The molecule has 2 aliphatic rings. The molecule has 0 spiro atoms. The molecule has 0 bridgehead atoms. The van der Waals surface area contributed by atoms with Gasteiger partial charge in [0, 0.05) is 32.2 Å². The van der Waals surface area contributed by atoms with Crippen molar-refractivity contribution in [2.45, 2.75) is 37.5 Å². The summed E-state index contributed by atoms with van der Waals surface area (Å²) in [6.45, 7) is 2.13. The Hall–Kier alpha value is -1.08. The highest BCUT2D eigenvalue weighted by atomic mass is 19.4. The Morgan fingerprint density at radius 1 is 1.50 bits per heavy atom. The van der Waals surface area contributed by atoms with Gasteiger partial charge in [-0.1, -0.05) is 6.42 Å². The van der Waals surface area contributed by atoms with Crippen LogP contribution in [0.3, 0.4) is 0 Å². The predicted molar refractivity (Wildman–Crippen MR) is 67.7 cm³/mol. The van der Waals surface area contributed by atoms with E-state index in [-0.39, 0.29) is 5.54 Å². The quantitative estimate of drug-likeness (QED) is 0.902. The van der Waals surface area contributed by atoms with Crippen LogP contribution in [0.4, 0.5) is 13.2 Å². The zero-order valence-corrected chi connectivity index (χ0v) is 11.5. The molecule has 1 aliphatic carbocycles. The zero-order chi connectivity index (χ0) is 14.5. The van der Waals surface area contributed by atoms with Crippen LogP contribution in [-0.2, 0) is 19.8 Å². The number of aromatic nitrogens is 2. The van der Waals surface area contributed by atoms with E-state index in [0.29, 0.717) is 18.2 Å². The summed E-state index contributed by atoms with van der Waals surface area (Å²) in [5.74, 6) is 0.484. The molecule has 0 radical (unpaired) electrons. The predicted octanol–water partition coefficient (Wildman–Crippen LogP) is 1.75. The smallest absolute Gasteiger partial charge is 0.324 e. The largest absolute Gasteiger partial charge is 0.435 e. The Morgan fingerprint density at radius 2 is 2.25 bits per heavy atom. The zero-order valence-electron chi connectivity index (χ0n) is 11.5. The number of hydrogen-bond acceptors (Lipinski definition) is 3. The van der Waals surface area contributed by atoms with E-state index in [4.69, 9.17) is 5.73 Å². The molecule has 1 aliphatic heterocycles. The molecule has 0 aromatic carbocycles. The number of hydrogen-bond donors (Lipinski definition) is 1. The van der Waals surface area contributed by atoms with E-state index in [1.165, 1.54) is 11.1 Å². The summed E-state index contributed by atoms with van der Waals surface area (Å²) in [5.41, 5.74) is 6.01. The van der Waals surface area contributed by atoms with Gasteiger partial charge in [0.15, 0.2) is 5.69 Å². The number of likely N-dealkylation sites (tertiary alicyclic amines) is 1. The van der Waals surface area contributed by atoms with Crippen LogP contribution in [0.15, 0.2) is 6.07 Å². The highest BCUT2D eigenvalue weighted by molar-refractivity contribution is 5.14. The number of nitrogens with two attached hydrogens (primary N) is 1. The van der Waals surface area contributed by atoms with Crippen LogP contribution in [0.1, 0.15) is 30.7 Å². The normalized spacial score (nSPS) is 30.9. The molecule has 3 rings (SSSR count). The van der Waals surface area contributed by atoms with Crippen molar-refractivity contribution in [3.63, 3.8) is 0 Å². The fraction of sp³-hybridized carbons (Fsp3) is 0.769. The van der Waals surface area contributed by atoms with Crippen LogP contribution >= 0.6 is 0 Å². The summed E-state index contributed by atoms with van der Waals surface area (Å²) in [6, 6.07) is 1.14. The van der Waals surface area contributed by atoms with Gasteiger partial charge in [-0.15, -0.1) is 0 Å². The third kappa shape index (κ3) is 2.33. The maximum Gasteiger partial charge on any atom is 0.435 e. The lowest BCUT2D eigenvalue weighted by molar-refractivity contribution is -0.141. The third-order valence-electron chi connectivity index (χ3n) is 4.66. The topological polar surface area (TPSA) is 47.1 Å². The van der Waals surface area contributed by atoms with Crippen molar-refractivity contribution in [1.29, 1.82) is 0 Å². The van der Waals surface area contributed by atoms with Gasteiger partial charge in [-0.2, -0.15) is 18.3 Å². The highest BCUT2D eigenvalue weighted by Gasteiger charge is 2.46. The van der Waals surface area contributed by atoms with Crippen molar-refractivity contribution in [2.24, 2.45) is 18.7 Å². The van der Waals surface area contributed by atoms with Gasteiger partial charge in [0.25, 0.3) is 0 Å². The first-order chi connectivity index (χ1) is 9.28. The van der Waals surface area contributed by atoms with Crippen LogP contribution in [0.2, 0.25) is 0 Å². The third-order valence-corrected chi connectivity index (χ3v) is 4.66. The van der Waals surface area contributed by atoms with E-state index in [0.717, 1.165) is 32.0 Å². The van der Waals surface area contributed by atoms with E-state index in [9.17, 15) is 13.2 Å². The molecule has 0 amide bonds. The summed E-state index contributed by atoms with van der Waals surface area (Å²) in [4.78, 5) is 2.15. The second kappa shape index (κ2) is 4.46. The van der Waals surface area contributed by atoms with Crippen LogP contribution in [0.5, 0.6) is 0 Å². The fourth-order valence-corrected chi connectivity index (χ4v) is 3.58. The summed E-state index contributed by atoms with van der Waals surface area (Å²) >= 11 is 0. The lowest BCUT2D eigenvalue weighted by Gasteiger charge is -2.23. The van der Waals surface area contributed by atoms with Gasteiger partial charge in [0.05, 0.1) is 5.69 Å². The van der Waals surface area contributed by atoms with Gasteiger partial charge in [-0.05, 0) is 24.8 Å². The maximum absolute atomic E-state index is 12.6. The van der Waals surface area contributed by atoms with Gasteiger partial charge in [-0.3, -0.25) is 9.58 Å². The Kier molecular flexibility index (Phi) is 3.10. The molecule has 1 aromatic heterocycles. The van der Waals surface area contributed by atoms with E-state index < -0.39 is 11.9 Å². The Balaban J connectivity index is 1.72. The number of fused-ring (bicyclic) bond motifs is 1. The van der Waals surface area contributed by atoms with Gasteiger partial charge in [0.1, 0.15) is 0 Å². The van der Waals surface area contributed by atoms with Crippen LogP contribution in [0.25, 0.3) is 0 Å². The SMILES string of the molecule is Cn1nc(C(F)(F)F)cc1CN1CC2CCCC2(N)C1. The summed E-state index contributed by atoms with van der Waals surface area (Å²) < 4.78 is 39.2. The first-order valence-electron chi connectivity index (χ1n) is 6.89. The molecule has 2 fully saturated rings. The number of nitrogens with zero attached hydrogens (tertiary/aromatic N) is 3. The van der Waals surface area contributed by atoms with Gasteiger partial charge >= 0.3 is 6.18 Å². The van der Waals surface area contributed by atoms with Crippen molar-refractivity contribution in [2.75, 3.05) is 13.1 Å². The molecule has 20 heavy (non-hydrogen) atoms. The maximum atomic E-state index is 12.6. The number of rotatable bonds is 2. The molecule has 2 atom stereocenters. The molecule has 4 nitrogen and oxygen atoms in total. The molecular weight excluding hydrogens is 269 g/mol. The van der Waals surface area contributed by atoms with Crippen LogP contribution in [0, 0.1) is 5.92 Å².